The van der Waals surface area contributed by atoms with Crippen LogP contribution in [-0.4, -0.2) is 27.0 Å². The fourth-order valence-electron chi connectivity index (χ4n) is 5.03. The van der Waals surface area contributed by atoms with Gasteiger partial charge in [0.05, 0.1) is 11.6 Å². The molecular formula is C34H23N3O5S2. The molecule has 7 rings (SSSR count). The molecule has 0 saturated heterocycles. The third-order valence-electron chi connectivity index (χ3n) is 7.06. The highest BCUT2D eigenvalue weighted by Gasteiger charge is 2.47. The van der Waals surface area contributed by atoms with E-state index in [-0.39, 0.29) is 16.5 Å². The first-order valence-corrected chi connectivity index (χ1v) is 15.5. The average molecular weight is 618 g/mol. The Bertz CT molecular complexity index is 1990. The predicted molar refractivity (Wildman–Crippen MR) is 169 cm³/mol. The van der Waals surface area contributed by atoms with Crippen LogP contribution in [0, 0.1) is 0 Å². The van der Waals surface area contributed by atoms with Crippen molar-refractivity contribution in [3.8, 4) is 11.5 Å². The van der Waals surface area contributed by atoms with Gasteiger partial charge in [-0.05, 0) is 47.5 Å². The molecule has 0 spiro atoms. The van der Waals surface area contributed by atoms with Crippen molar-refractivity contribution in [2.45, 2.75) is 16.1 Å². The number of amides is 1. The van der Waals surface area contributed by atoms with Crippen molar-refractivity contribution in [1.82, 2.24) is 10.2 Å². The molecule has 3 heterocycles. The van der Waals surface area contributed by atoms with Crippen LogP contribution < -0.4 is 9.64 Å². The van der Waals surface area contributed by atoms with Gasteiger partial charge >= 0.3 is 0 Å². The Kier molecular flexibility index (Phi) is 7.43. The van der Waals surface area contributed by atoms with Crippen LogP contribution in [0.1, 0.15) is 27.7 Å². The van der Waals surface area contributed by atoms with E-state index in [1.165, 1.54) is 28.0 Å². The number of hydrogen-bond acceptors (Lipinski definition) is 9. The van der Waals surface area contributed by atoms with Crippen molar-refractivity contribution in [3.05, 3.63) is 143 Å². The maximum atomic E-state index is 14.0. The fraction of sp³-hybridized carbons (Fsp3) is 0.0588. The Morgan fingerprint density at radius 2 is 1.61 bits per heavy atom. The number of benzene rings is 4. The number of ether oxygens (including phenoxy) is 1. The summed E-state index contributed by atoms with van der Waals surface area (Å²) in [5, 5.41) is 20.8. The second-order valence-electron chi connectivity index (χ2n) is 9.93. The van der Waals surface area contributed by atoms with E-state index in [4.69, 9.17) is 9.15 Å². The summed E-state index contributed by atoms with van der Waals surface area (Å²) in [6, 6.07) is 34.1. The highest BCUT2D eigenvalue weighted by molar-refractivity contribution is 8.00. The molecule has 0 saturated carbocycles. The summed E-state index contributed by atoms with van der Waals surface area (Å²) in [5.41, 5.74) is 2.08. The first-order valence-electron chi connectivity index (χ1n) is 13.7. The topological polar surface area (TPSA) is 106 Å². The maximum absolute atomic E-state index is 14.0. The zero-order chi connectivity index (χ0) is 30.0. The normalized spacial score (nSPS) is 14.9. The molecule has 1 amide bonds. The van der Waals surface area contributed by atoms with Crippen molar-refractivity contribution in [1.29, 1.82) is 0 Å². The summed E-state index contributed by atoms with van der Waals surface area (Å²) >= 11 is 2.71. The second kappa shape index (κ2) is 11.8. The van der Waals surface area contributed by atoms with Gasteiger partial charge in [-0.15, -0.1) is 10.2 Å². The van der Waals surface area contributed by atoms with E-state index in [0.717, 1.165) is 10.9 Å². The molecule has 44 heavy (non-hydrogen) atoms. The summed E-state index contributed by atoms with van der Waals surface area (Å²) in [6.45, 7) is 0. The Morgan fingerprint density at radius 3 is 2.41 bits per heavy atom. The van der Waals surface area contributed by atoms with E-state index in [0.29, 0.717) is 32.7 Å². The van der Waals surface area contributed by atoms with Gasteiger partial charge in [-0.3, -0.25) is 14.5 Å². The standard InChI is InChI=1S/C34H23N3O5S2/c38-30(27-19-22-12-7-8-17-26(22)42-27)28-29(23-13-9-16-25(18-23)41-24-14-5-2-6-15-24)37(32(40)31(28)39)33-35-36-34(44-33)43-20-21-10-3-1-4-11-21/h1-19,29,39H,20H2/t29-/m0/s1. The largest absolute Gasteiger partial charge is 0.503 e. The lowest BCUT2D eigenvalue weighted by atomic mass is 9.95. The molecule has 0 aliphatic carbocycles. The minimum atomic E-state index is -1.01. The third kappa shape index (κ3) is 5.36. The smallest absolute Gasteiger partial charge is 0.296 e. The number of rotatable bonds is 9. The Hall–Kier alpha value is -5.19. The van der Waals surface area contributed by atoms with Gasteiger partial charge in [0.2, 0.25) is 10.9 Å². The van der Waals surface area contributed by atoms with E-state index in [2.05, 4.69) is 10.2 Å². The van der Waals surface area contributed by atoms with Crippen LogP contribution in [0.5, 0.6) is 11.5 Å². The summed E-state index contributed by atoms with van der Waals surface area (Å²) in [4.78, 5) is 29.0. The SMILES string of the molecule is O=C(C1=C(O)C(=O)N(c2nnc(SCc3ccccc3)s2)[C@H]1c1cccc(Oc2ccccc2)c1)c1cc2ccccc2o1. The molecule has 1 N–H and O–H groups in total. The number of aliphatic hydroxyl groups is 1. The number of thioether (sulfide) groups is 1. The van der Waals surface area contributed by atoms with Crippen LogP contribution in [0.4, 0.5) is 5.13 Å². The molecule has 216 valence electrons. The monoisotopic (exact) mass is 617 g/mol. The van der Waals surface area contributed by atoms with Gasteiger partial charge < -0.3 is 14.3 Å². The molecule has 10 heteroatoms. The van der Waals surface area contributed by atoms with Gasteiger partial charge in [-0.1, -0.05) is 102 Å². The lowest BCUT2D eigenvalue weighted by Crippen LogP contribution is -2.31. The number of carbonyl (C=O) groups is 2. The van der Waals surface area contributed by atoms with Crippen LogP contribution in [0.3, 0.4) is 0 Å². The van der Waals surface area contributed by atoms with Crippen LogP contribution in [0.15, 0.2) is 135 Å². The number of fused-ring (bicyclic) bond motifs is 1. The van der Waals surface area contributed by atoms with Gasteiger partial charge in [0.15, 0.2) is 15.9 Å². The van der Waals surface area contributed by atoms with E-state index < -0.39 is 23.5 Å². The number of aliphatic hydroxyl groups excluding tert-OH is 1. The van der Waals surface area contributed by atoms with Gasteiger partial charge in [-0.2, -0.15) is 0 Å². The molecule has 1 aliphatic heterocycles. The van der Waals surface area contributed by atoms with Gasteiger partial charge in [0, 0.05) is 11.1 Å². The fourth-order valence-corrected chi connectivity index (χ4v) is 6.85. The molecule has 2 aromatic heterocycles. The van der Waals surface area contributed by atoms with Crippen LogP contribution in [0.2, 0.25) is 0 Å². The highest BCUT2D eigenvalue weighted by Crippen LogP contribution is 2.45. The molecule has 0 fully saturated rings. The quantitative estimate of drug-likeness (QED) is 0.0984. The second-order valence-corrected chi connectivity index (χ2v) is 12.1. The molecule has 1 aliphatic rings. The summed E-state index contributed by atoms with van der Waals surface area (Å²) in [6.07, 6.45) is 0. The zero-order valence-electron chi connectivity index (χ0n) is 23.0. The molecule has 0 unspecified atom stereocenters. The van der Waals surface area contributed by atoms with Crippen LogP contribution in [0.25, 0.3) is 11.0 Å². The van der Waals surface area contributed by atoms with E-state index in [9.17, 15) is 14.7 Å². The van der Waals surface area contributed by atoms with E-state index in [1.807, 2.05) is 78.9 Å². The minimum Gasteiger partial charge on any atom is -0.503 e. The van der Waals surface area contributed by atoms with Crippen LogP contribution in [-0.2, 0) is 10.5 Å². The number of aromatic nitrogens is 2. The number of Topliss-reactive ketones (excluding diaryl/α,β-unsaturated/α-hetero) is 1. The number of carbonyl (C=O) groups excluding carboxylic acids is 2. The zero-order valence-corrected chi connectivity index (χ0v) is 24.6. The number of para-hydroxylation sites is 2. The lowest BCUT2D eigenvalue weighted by molar-refractivity contribution is -0.117. The van der Waals surface area contributed by atoms with E-state index >= 15 is 0 Å². The first kappa shape index (κ1) is 27.6. The molecule has 0 radical (unpaired) electrons. The number of furan rings is 1. The molecular weight excluding hydrogens is 595 g/mol. The maximum Gasteiger partial charge on any atom is 0.296 e. The van der Waals surface area contributed by atoms with E-state index in [1.54, 1.807) is 36.4 Å². The molecule has 6 aromatic rings. The van der Waals surface area contributed by atoms with Crippen molar-refractivity contribution in [2.75, 3.05) is 4.90 Å². The predicted octanol–water partition coefficient (Wildman–Crippen LogP) is 8.15. The molecule has 0 bridgehead atoms. The minimum absolute atomic E-state index is 0.0143. The van der Waals surface area contributed by atoms with Crippen molar-refractivity contribution < 1.29 is 23.8 Å². The number of hydrogen-bond donors (Lipinski definition) is 1. The van der Waals surface area contributed by atoms with Crippen LogP contribution >= 0.6 is 23.1 Å². The van der Waals surface area contributed by atoms with Crippen molar-refractivity contribution in [3.63, 3.8) is 0 Å². The summed E-state index contributed by atoms with van der Waals surface area (Å²) in [7, 11) is 0. The third-order valence-corrected chi connectivity index (χ3v) is 9.19. The molecule has 4 aromatic carbocycles. The Morgan fingerprint density at radius 1 is 0.886 bits per heavy atom. The first-order chi connectivity index (χ1) is 21.5. The number of anilines is 1. The Balaban J connectivity index is 1.27. The van der Waals surface area contributed by atoms with Gasteiger partial charge in [0.1, 0.15) is 17.1 Å². The summed E-state index contributed by atoms with van der Waals surface area (Å²) < 4.78 is 12.6. The van der Waals surface area contributed by atoms with Gasteiger partial charge in [0.25, 0.3) is 5.91 Å². The highest BCUT2D eigenvalue weighted by atomic mass is 32.2. The number of ketones is 1. The lowest BCUT2D eigenvalue weighted by Gasteiger charge is -2.24. The summed E-state index contributed by atoms with van der Waals surface area (Å²) in [5.74, 6) is -0.198. The van der Waals surface area contributed by atoms with Crippen molar-refractivity contribution in [2.24, 2.45) is 0 Å². The molecule has 1 atom stereocenters. The average Bonchev–Trinajstić information content (AvgIpc) is 3.77. The molecule has 8 nitrogen and oxygen atoms in total. The Labute approximate surface area is 260 Å². The van der Waals surface area contributed by atoms with Crippen molar-refractivity contribution >= 4 is 50.9 Å². The van der Waals surface area contributed by atoms with Gasteiger partial charge in [-0.25, -0.2) is 0 Å². The number of nitrogens with zero attached hydrogens (tertiary/aromatic N) is 3.